The lowest BCUT2D eigenvalue weighted by Gasteiger charge is -2.08. The van der Waals surface area contributed by atoms with Crippen LogP contribution in [-0.4, -0.2) is 13.0 Å². The number of amides is 1. The van der Waals surface area contributed by atoms with Gasteiger partial charge < -0.3 is 10.6 Å². The first-order chi connectivity index (χ1) is 5.72. The number of para-hydroxylation sites is 1. The van der Waals surface area contributed by atoms with Crippen molar-refractivity contribution in [2.75, 3.05) is 11.9 Å². The van der Waals surface area contributed by atoms with E-state index in [9.17, 15) is 4.79 Å². The fraction of sp³-hybridized carbons (Fsp3) is 0.222. The number of hydrogen-bond acceptors (Lipinski definition) is 2. The second-order valence-corrected chi connectivity index (χ2v) is 2.93. The van der Waals surface area contributed by atoms with Gasteiger partial charge in [0.2, 0.25) is 5.91 Å². The number of nitrogens with zero attached hydrogens (tertiary/aromatic N) is 1. The molecule has 1 heterocycles. The van der Waals surface area contributed by atoms with E-state index in [2.05, 4.69) is 0 Å². The minimum atomic E-state index is -0.466. The lowest BCUT2D eigenvalue weighted by atomic mass is 10.1. The molecule has 0 fully saturated rings. The Bertz CT molecular complexity index is 309. The molecule has 0 spiro atoms. The van der Waals surface area contributed by atoms with Crippen molar-refractivity contribution >= 4 is 24.0 Å². The second kappa shape index (κ2) is 3.36. The van der Waals surface area contributed by atoms with E-state index in [1.807, 2.05) is 24.3 Å². The van der Waals surface area contributed by atoms with Gasteiger partial charge in [-0.25, -0.2) is 0 Å². The molecular formula is C9H11ClN2O. The molecule has 1 aromatic carbocycles. The van der Waals surface area contributed by atoms with Crippen molar-refractivity contribution in [2.45, 2.75) is 6.04 Å². The van der Waals surface area contributed by atoms with Crippen LogP contribution >= 0.6 is 12.4 Å². The number of benzene rings is 1. The highest BCUT2D eigenvalue weighted by molar-refractivity contribution is 6.03. The Labute approximate surface area is 82.9 Å². The summed E-state index contributed by atoms with van der Waals surface area (Å²) < 4.78 is 0. The molecule has 0 aliphatic carbocycles. The van der Waals surface area contributed by atoms with Crippen molar-refractivity contribution in [2.24, 2.45) is 5.73 Å². The van der Waals surface area contributed by atoms with Crippen molar-refractivity contribution in [3.63, 3.8) is 0 Å². The summed E-state index contributed by atoms with van der Waals surface area (Å²) in [5, 5.41) is 0. The van der Waals surface area contributed by atoms with E-state index < -0.39 is 6.04 Å². The van der Waals surface area contributed by atoms with Crippen LogP contribution in [0.25, 0.3) is 0 Å². The second-order valence-electron chi connectivity index (χ2n) is 2.93. The summed E-state index contributed by atoms with van der Waals surface area (Å²) in [6, 6.07) is 7.12. The third-order valence-corrected chi connectivity index (χ3v) is 2.23. The lowest BCUT2D eigenvalue weighted by Crippen LogP contribution is -2.27. The van der Waals surface area contributed by atoms with E-state index in [0.717, 1.165) is 11.3 Å². The summed E-state index contributed by atoms with van der Waals surface area (Å²) in [5.41, 5.74) is 7.54. The summed E-state index contributed by atoms with van der Waals surface area (Å²) in [6.45, 7) is 0. The van der Waals surface area contributed by atoms with Gasteiger partial charge in [-0.1, -0.05) is 18.2 Å². The van der Waals surface area contributed by atoms with Gasteiger partial charge in [0.1, 0.15) is 6.04 Å². The van der Waals surface area contributed by atoms with Gasteiger partial charge in [-0.3, -0.25) is 4.79 Å². The standard InChI is InChI=1S/C9H10N2O.ClH/c1-11-7-5-3-2-4-6(7)8(10)9(11)12;/h2-5,8H,10H2,1H3;1H. The van der Waals surface area contributed by atoms with Crippen LogP contribution in [0, 0.1) is 0 Å². The third-order valence-electron chi connectivity index (χ3n) is 2.23. The SMILES string of the molecule is CN1C(=O)C(N)c2ccccc21.Cl. The number of likely N-dealkylation sites (N-methyl/N-ethyl adjacent to an activating group) is 1. The molecule has 0 radical (unpaired) electrons. The molecule has 4 heteroatoms. The molecule has 0 saturated heterocycles. The maximum absolute atomic E-state index is 11.4. The van der Waals surface area contributed by atoms with Gasteiger partial charge in [-0.15, -0.1) is 12.4 Å². The number of hydrogen-bond donors (Lipinski definition) is 1. The van der Waals surface area contributed by atoms with Crippen LogP contribution in [-0.2, 0) is 4.79 Å². The average Bonchev–Trinajstić information content (AvgIpc) is 2.33. The van der Waals surface area contributed by atoms with Crippen LogP contribution in [0.3, 0.4) is 0 Å². The van der Waals surface area contributed by atoms with Crippen LogP contribution in [0.2, 0.25) is 0 Å². The first-order valence-electron chi connectivity index (χ1n) is 3.84. The predicted molar refractivity (Wildman–Crippen MR) is 54.0 cm³/mol. The molecule has 1 aromatic rings. The number of anilines is 1. The smallest absolute Gasteiger partial charge is 0.248 e. The Kier molecular flexibility index (Phi) is 2.59. The van der Waals surface area contributed by atoms with Crippen molar-refractivity contribution in [1.82, 2.24) is 0 Å². The van der Waals surface area contributed by atoms with Gasteiger partial charge in [-0.2, -0.15) is 0 Å². The Morgan fingerprint density at radius 1 is 1.38 bits per heavy atom. The molecule has 1 amide bonds. The van der Waals surface area contributed by atoms with E-state index in [4.69, 9.17) is 5.73 Å². The highest BCUT2D eigenvalue weighted by Crippen LogP contribution is 2.32. The van der Waals surface area contributed by atoms with Gasteiger partial charge in [0.25, 0.3) is 0 Å². The van der Waals surface area contributed by atoms with Gasteiger partial charge in [0, 0.05) is 18.3 Å². The fourth-order valence-corrected chi connectivity index (χ4v) is 1.52. The Hall–Kier alpha value is -1.06. The van der Waals surface area contributed by atoms with Gasteiger partial charge in [-0.05, 0) is 6.07 Å². The number of carbonyl (C=O) groups excluding carboxylic acids is 1. The zero-order valence-corrected chi connectivity index (χ0v) is 8.04. The Morgan fingerprint density at radius 3 is 2.62 bits per heavy atom. The van der Waals surface area contributed by atoms with Gasteiger partial charge >= 0.3 is 0 Å². The summed E-state index contributed by atoms with van der Waals surface area (Å²) in [5.74, 6) is -0.0313. The van der Waals surface area contributed by atoms with E-state index in [1.165, 1.54) is 0 Å². The summed E-state index contributed by atoms with van der Waals surface area (Å²) in [6.07, 6.45) is 0. The van der Waals surface area contributed by atoms with Crippen LogP contribution in [0.4, 0.5) is 5.69 Å². The minimum absolute atomic E-state index is 0. The van der Waals surface area contributed by atoms with Gasteiger partial charge in [0.15, 0.2) is 0 Å². The molecule has 0 aromatic heterocycles. The predicted octanol–water partition coefficient (Wildman–Crippen LogP) is 1.08. The Morgan fingerprint density at radius 2 is 2.00 bits per heavy atom. The van der Waals surface area contributed by atoms with Crippen molar-refractivity contribution in [3.8, 4) is 0 Å². The number of halogens is 1. The average molecular weight is 199 g/mol. The number of carbonyl (C=O) groups is 1. The minimum Gasteiger partial charge on any atom is -0.316 e. The molecule has 1 aliphatic heterocycles. The zero-order chi connectivity index (χ0) is 8.72. The molecule has 3 nitrogen and oxygen atoms in total. The molecule has 2 rings (SSSR count). The summed E-state index contributed by atoms with van der Waals surface area (Å²) in [4.78, 5) is 13.0. The highest BCUT2D eigenvalue weighted by Gasteiger charge is 2.31. The van der Waals surface area contributed by atoms with Crippen LogP contribution in [0.5, 0.6) is 0 Å². The molecule has 0 saturated carbocycles. The van der Waals surface area contributed by atoms with E-state index >= 15 is 0 Å². The molecule has 1 unspecified atom stereocenters. The number of nitrogens with two attached hydrogens (primary N) is 1. The normalized spacial score (nSPS) is 19.7. The van der Waals surface area contributed by atoms with Crippen LogP contribution in [0.1, 0.15) is 11.6 Å². The zero-order valence-electron chi connectivity index (χ0n) is 7.23. The molecule has 1 atom stereocenters. The molecule has 2 N–H and O–H groups in total. The monoisotopic (exact) mass is 198 g/mol. The maximum Gasteiger partial charge on any atom is 0.248 e. The summed E-state index contributed by atoms with van der Waals surface area (Å²) >= 11 is 0. The topological polar surface area (TPSA) is 46.3 Å². The first kappa shape index (κ1) is 10.0. The van der Waals surface area contributed by atoms with Crippen molar-refractivity contribution in [1.29, 1.82) is 0 Å². The van der Waals surface area contributed by atoms with Gasteiger partial charge in [0.05, 0.1) is 0 Å². The van der Waals surface area contributed by atoms with Crippen molar-refractivity contribution < 1.29 is 4.79 Å². The first-order valence-corrected chi connectivity index (χ1v) is 3.84. The molecular weight excluding hydrogens is 188 g/mol. The molecule has 13 heavy (non-hydrogen) atoms. The quantitative estimate of drug-likeness (QED) is 0.678. The Balaban J connectivity index is 0.000000845. The maximum atomic E-state index is 11.4. The molecule has 0 bridgehead atoms. The van der Waals surface area contributed by atoms with Crippen LogP contribution in [0.15, 0.2) is 24.3 Å². The fourth-order valence-electron chi connectivity index (χ4n) is 1.52. The molecule has 1 aliphatic rings. The van der Waals surface area contributed by atoms with E-state index in [1.54, 1.807) is 11.9 Å². The number of rotatable bonds is 0. The van der Waals surface area contributed by atoms with E-state index in [0.29, 0.717) is 0 Å². The van der Waals surface area contributed by atoms with Crippen molar-refractivity contribution in [3.05, 3.63) is 29.8 Å². The largest absolute Gasteiger partial charge is 0.316 e. The van der Waals surface area contributed by atoms with Crippen LogP contribution < -0.4 is 10.6 Å². The summed E-state index contributed by atoms with van der Waals surface area (Å²) in [7, 11) is 1.74. The lowest BCUT2D eigenvalue weighted by molar-refractivity contribution is -0.118. The highest BCUT2D eigenvalue weighted by atomic mass is 35.5. The number of fused-ring (bicyclic) bond motifs is 1. The third kappa shape index (κ3) is 1.30. The molecule has 70 valence electrons. The van der Waals surface area contributed by atoms with E-state index in [-0.39, 0.29) is 18.3 Å².